The second kappa shape index (κ2) is 7.87. The van der Waals surface area contributed by atoms with E-state index in [-0.39, 0.29) is 22.9 Å². The first-order valence-electron chi connectivity index (χ1n) is 12.8. The largest absolute Gasteiger partial charge is 0.393 e. The Morgan fingerprint density at radius 1 is 1.06 bits per heavy atom. The van der Waals surface area contributed by atoms with Crippen LogP contribution in [0.5, 0.6) is 0 Å². The molecule has 0 aromatic heterocycles. The van der Waals surface area contributed by atoms with E-state index in [2.05, 4.69) is 51.1 Å². The molecule has 1 N–H and O–H groups in total. The third-order valence-electron chi connectivity index (χ3n) is 10.4. The number of carbonyl (C=O) groups is 1. The van der Waals surface area contributed by atoms with E-state index in [0.717, 1.165) is 43.9 Å². The summed E-state index contributed by atoms with van der Waals surface area (Å²) in [4.78, 5) is 13.4. The first-order chi connectivity index (χ1) is 14.8. The number of ketones is 1. The molecular formula is C29H40O2. The Bertz CT molecular complexity index is 884. The lowest BCUT2D eigenvalue weighted by Crippen LogP contribution is -2.51. The van der Waals surface area contributed by atoms with Crippen molar-refractivity contribution in [1.82, 2.24) is 0 Å². The number of aliphatic hydroxyl groups is 1. The lowest BCUT2D eigenvalue weighted by atomic mass is 9.47. The highest BCUT2D eigenvalue weighted by Crippen LogP contribution is 2.66. The van der Waals surface area contributed by atoms with Gasteiger partial charge in [-0.3, -0.25) is 4.79 Å². The maximum Gasteiger partial charge on any atom is 0.136 e. The summed E-state index contributed by atoms with van der Waals surface area (Å²) >= 11 is 0. The van der Waals surface area contributed by atoms with Crippen LogP contribution in [0, 0.1) is 41.4 Å². The summed E-state index contributed by atoms with van der Waals surface area (Å²) in [5, 5.41) is 10.2. The number of hydrogen-bond acceptors (Lipinski definition) is 2. The Balaban J connectivity index is 1.32. The molecule has 0 heterocycles. The number of allylic oxidation sites excluding steroid dienone is 1. The standard InChI is InChI=1S/C29H40O2/c1-19-6-4-5-7-20(19)8-13-27(31)26-12-11-24-23-10-9-21-18-22(30)14-16-28(21,2)25(23)15-17-29(24,26)3/h4-7,9,22-26,30H,8,10-18H2,1-3H3. The van der Waals surface area contributed by atoms with Crippen LogP contribution in [0.25, 0.3) is 0 Å². The van der Waals surface area contributed by atoms with Gasteiger partial charge in [0.15, 0.2) is 0 Å². The van der Waals surface area contributed by atoms with Crippen LogP contribution in [0.15, 0.2) is 35.9 Å². The van der Waals surface area contributed by atoms with Gasteiger partial charge in [0.25, 0.3) is 0 Å². The van der Waals surface area contributed by atoms with E-state index in [0.29, 0.717) is 18.1 Å². The lowest BCUT2D eigenvalue weighted by molar-refractivity contribution is -0.129. The second-order valence-electron chi connectivity index (χ2n) is 11.7. The highest BCUT2D eigenvalue weighted by molar-refractivity contribution is 5.82. The number of aliphatic hydroxyl groups excluding tert-OH is 1. The number of aryl methyl sites for hydroxylation is 2. The minimum absolute atomic E-state index is 0.133. The van der Waals surface area contributed by atoms with Crippen molar-refractivity contribution >= 4 is 5.78 Å². The highest BCUT2D eigenvalue weighted by Gasteiger charge is 2.59. The summed E-state index contributed by atoms with van der Waals surface area (Å²) in [6, 6.07) is 8.51. The SMILES string of the molecule is Cc1ccccc1CCC(=O)C1CCC2C3CC=C4CC(O)CCC4(C)C3CCC12C. The molecule has 7 unspecified atom stereocenters. The zero-order valence-electron chi connectivity index (χ0n) is 19.7. The van der Waals surface area contributed by atoms with Crippen LogP contribution in [-0.4, -0.2) is 17.0 Å². The zero-order chi connectivity index (χ0) is 21.8. The number of fused-ring (bicyclic) bond motifs is 5. The van der Waals surface area contributed by atoms with Crippen LogP contribution >= 0.6 is 0 Å². The molecule has 4 aliphatic rings. The fraction of sp³-hybridized carbons (Fsp3) is 0.690. The fourth-order valence-electron chi connectivity index (χ4n) is 8.49. The summed E-state index contributed by atoms with van der Waals surface area (Å²) in [6.45, 7) is 7.11. The predicted octanol–water partition coefficient (Wildman–Crippen LogP) is 6.44. The topological polar surface area (TPSA) is 37.3 Å². The molecule has 7 atom stereocenters. The minimum Gasteiger partial charge on any atom is -0.393 e. The monoisotopic (exact) mass is 420 g/mol. The van der Waals surface area contributed by atoms with Crippen molar-refractivity contribution in [1.29, 1.82) is 0 Å². The van der Waals surface area contributed by atoms with Gasteiger partial charge in [0.2, 0.25) is 0 Å². The highest BCUT2D eigenvalue weighted by atomic mass is 16.3. The van der Waals surface area contributed by atoms with Crippen molar-refractivity contribution < 1.29 is 9.90 Å². The molecule has 4 aliphatic carbocycles. The van der Waals surface area contributed by atoms with E-state index >= 15 is 0 Å². The van der Waals surface area contributed by atoms with Gasteiger partial charge < -0.3 is 5.11 Å². The molecule has 0 bridgehead atoms. The van der Waals surface area contributed by atoms with E-state index in [4.69, 9.17) is 0 Å². The van der Waals surface area contributed by atoms with Gasteiger partial charge in [-0.05, 0) is 104 Å². The number of rotatable bonds is 4. The van der Waals surface area contributed by atoms with Gasteiger partial charge >= 0.3 is 0 Å². The third kappa shape index (κ3) is 3.45. The molecule has 1 aromatic carbocycles. The molecule has 1 aromatic rings. The molecule has 0 amide bonds. The molecule has 3 saturated carbocycles. The maximum absolute atomic E-state index is 13.4. The first-order valence-corrected chi connectivity index (χ1v) is 12.8. The normalized spacial score (nSPS) is 41.7. The molecule has 0 radical (unpaired) electrons. The van der Waals surface area contributed by atoms with Crippen molar-refractivity contribution in [3.8, 4) is 0 Å². The number of Topliss-reactive ketones (excluding diaryl/α,β-unsaturated/α-hetero) is 1. The van der Waals surface area contributed by atoms with E-state index < -0.39 is 0 Å². The van der Waals surface area contributed by atoms with Gasteiger partial charge in [0.05, 0.1) is 6.10 Å². The second-order valence-corrected chi connectivity index (χ2v) is 11.7. The Morgan fingerprint density at radius 2 is 1.87 bits per heavy atom. The molecule has 31 heavy (non-hydrogen) atoms. The number of benzene rings is 1. The van der Waals surface area contributed by atoms with Crippen molar-refractivity contribution in [3.05, 3.63) is 47.0 Å². The van der Waals surface area contributed by atoms with Gasteiger partial charge in [-0.25, -0.2) is 0 Å². The molecular weight excluding hydrogens is 380 g/mol. The molecule has 2 heteroatoms. The van der Waals surface area contributed by atoms with Gasteiger partial charge in [0, 0.05) is 12.3 Å². The van der Waals surface area contributed by atoms with Crippen LogP contribution in [0.2, 0.25) is 0 Å². The minimum atomic E-state index is -0.133. The van der Waals surface area contributed by atoms with E-state index in [9.17, 15) is 9.90 Å². The Kier molecular flexibility index (Phi) is 5.44. The molecule has 0 saturated heterocycles. The van der Waals surface area contributed by atoms with Crippen LogP contribution < -0.4 is 0 Å². The molecule has 3 fully saturated rings. The average Bonchev–Trinajstić information content (AvgIpc) is 3.11. The van der Waals surface area contributed by atoms with Crippen LogP contribution in [0.1, 0.15) is 82.8 Å². The number of carbonyl (C=O) groups excluding carboxylic acids is 1. The summed E-state index contributed by atoms with van der Waals surface area (Å²) in [7, 11) is 0. The van der Waals surface area contributed by atoms with Crippen molar-refractivity contribution in [2.45, 2.75) is 91.1 Å². The van der Waals surface area contributed by atoms with Crippen LogP contribution in [0.3, 0.4) is 0 Å². The Hall–Kier alpha value is -1.41. The van der Waals surface area contributed by atoms with E-state index in [1.807, 2.05) is 0 Å². The van der Waals surface area contributed by atoms with E-state index in [1.54, 1.807) is 5.57 Å². The third-order valence-corrected chi connectivity index (χ3v) is 10.4. The van der Waals surface area contributed by atoms with Crippen molar-refractivity contribution in [3.63, 3.8) is 0 Å². The summed E-state index contributed by atoms with van der Waals surface area (Å²) in [6.07, 6.45) is 12.9. The molecule has 0 aliphatic heterocycles. The summed E-state index contributed by atoms with van der Waals surface area (Å²) in [5.74, 6) is 2.95. The van der Waals surface area contributed by atoms with Crippen molar-refractivity contribution in [2.75, 3.05) is 0 Å². The van der Waals surface area contributed by atoms with Gasteiger partial charge in [-0.1, -0.05) is 49.8 Å². The average molecular weight is 421 g/mol. The number of hydrogen-bond donors (Lipinski definition) is 1. The quantitative estimate of drug-likeness (QED) is 0.569. The van der Waals surface area contributed by atoms with Crippen molar-refractivity contribution in [2.24, 2.45) is 34.5 Å². The molecule has 5 rings (SSSR count). The van der Waals surface area contributed by atoms with Gasteiger partial charge in [0.1, 0.15) is 5.78 Å². The molecule has 0 spiro atoms. The molecule has 168 valence electrons. The van der Waals surface area contributed by atoms with Gasteiger partial charge in [-0.2, -0.15) is 0 Å². The van der Waals surface area contributed by atoms with Crippen LogP contribution in [0.4, 0.5) is 0 Å². The lowest BCUT2D eigenvalue weighted by Gasteiger charge is -2.58. The maximum atomic E-state index is 13.4. The van der Waals surface area contributed by atoms with Crippen LogP contribution in [-0.2, 0) is 11.2 Å². The smallest absolute Gasteiger partial charge is 0.136 e. The Morgan fingerprint density at radius 3 is 2.68 bits per heavy atom. The summed E-state index contributed by atoms with van der Waals surface area (Å²) in [5.41, 5.74) is 4.66. The Labute approximate surface area is 188 Å². The molecule has 2 nitrogen and oxygen atoms in total. The zero-order valence-corrected chi connectivity index (χ0v) is 19.7. The summed E-state index contributed by atoms with van der Waals surface area (Å²) < 4.78 is 0. The van der Waals surface area contributed by atoms with E-state index in [1.165, 1.54) is 36.8 Å². The first kappa shape index (κ1) is 21.4. The predicted molar refractivity (Wildman–Crippen MR) is 126 cm³/mol. The fourth-order valence-corrected chi connectivity index (χ4v) is 8.49. The van der Waals surface area contributed by atoms with Gasteiger partial charge in [-0.15, -0.1) is 0 Å².